The van der Waals surface area contributed by atoms with Crippen molar-refractivity contribution in [2.45, 2.75) is 0 Å². The summed E-state index contributed by atoms with van der Waals surface area (Å²) in [5.41, 5.74) is 1.08. The molecule has 0 atom stereocenters. The van der Waals surface area contributed by atoms with Gasteiger partial charge in [0.15, 0.2) is 0 Å². The Balaban J connectivity index is 2.43. The lowest BCUT2D eigenvalue weighted by atomic mass is 10.0. The molecular weight excluding hydrogens is 258 g/mol. The number of carbonyl (C=O) groups is 1. The summed E-state index contributed by atoms with van der Waals surface area (Å²) < 4.78 is 0. The van der Waals surface area contributed by atoms with Crippen LogP contribution in [-0.4, -0.2) is 16.0 Å². The third-order valence-corrected chi connectivity index (χ3v) is 2.73. The monoisotopic (exact) mass is 269 g/mol. The second kappa shape index (κ2) is 5.79. The van der Waals surface area contributed by atoms with E-state index in [9.17, 15) is 14.9 Å². The van der Waals surface area contributed by atoms with Crippen molar-refractivity contribution in [3.63, 3.8) is 0 Å². The predicted octanol–water partition coefficient (Wildman–Crippen LogP) is 3.46. The molecule has 0 aliphatic rings. The summed E-state index contributed by atoms with van der Waals surface area (Å²) in [6.07, 6.45) is 3.28. The number of hydrogen-bond donors (Lipinski definition) is 1. The molecule has 0 aliphatic heterocycles. The molecule has 0 aliphatic carbocycles. The smallest absolute Gasteiger partial charge is 0.336 e. The Morgan fingerprint density at radius 2 is 1.80 bits per heavy atom. The van der Waals surface area contributed by atoms with Gasteiger partial charge < -0.3 is 5.11 Å². The van der Waals surface area contributed by atoms with Crippen LogP contribution in [0.15, 0.2) is 48.5 Å². The number of hydrogen-bond acceptors (Lipinski definition) is 3. The van der Waals surface area contributed by atoms with Crippen molar-refractivity contribution >= 4 is 23.8 Å². The zero-order valence-corrected chi connectivity index (χ0v) is 10.4. The van der Waals surface area contributed by atoms with Gasteiger partial charge >= 0.3 is 5.97 Å². The minimum atomic E-state index is -1.12. The lowest BCUT2D eigenvalue weighted by Gasteiger charge is -2.01. The van der Waals surface area contributed by atoms with Crippen LogP contribution in [0.5, 0.6) is 0 Å². The highest BCUT2D eigenvalue weighted by atomic mass is 16.6. The lowest BCUT2D eigenvalue weighted by Crippen LogP contribution is -2.00. The molecule has 2 aromatic rings. The van der Waals surface area contributed by atoms with E-state index in [2.05, 4.69) is 0 Å². The highest BCUT2D eigenvalue weighted by Crippen LogP contribution is 2.20. The van der Waals surface area contributed by atoms with Crippen molar-refractivity contribution in [1.29, 1.82) is 0 Å². The van der Waals surface area contributed by atoms with Crippen LogP contribution in [0, 0.1) is 10.1 Å². The van der Waals surface area contributed by atoms with Crippen LogP contribution < -0.4 is 0 Å². The molecule has 100 valence electrons. The average molecular weight is 269 g/mol. The Bertz CT molecular complexity index is 678. The van der Waals surface area contributed by atoms with Gasteiger partial charge in [-0.15, -0.1) is 0 Å². The quantitative estimate of drug-likeness (QED) is 0.523. The van der Waals surface area contributed by atoms with E-state index in [-0.39, 0.29) is 11.3 Å². The molecule has 0 fully saturated rings. The molecule has 5 nitrogen and oxygen atoms in total. The van der Waals surface area contributed by atoms with Crippen molar-refractivity contribution < 1.29 is 14.8 Å². The summed E-state index contributed by atoms with van der Waals surface area (Å²) >= 11 is 0. The van der Waals surface area contributed by atoms with E-state index in [1.54, 1.807) is 12.2 Å². The fraction of sp³-hybridized carbons (Fsp3) is 0. The normalized spacial score (nSPS) is 10.6. The van der Waals surface area contributed by atoms with Crippen molar-refractivity contribution in [3.05, 3.63) is 75.3 Å². The number of benzene rings is 2. The van der Waals surface area contributed by atoms with Gasteiger partial charge in [-0.3, -0.25) is 10.1 Å². The minimum Gasteiger partial charge on any atom is -0.478 e. The Hall–Kier alpha value is -2.95. The molecule has 0 heterocycles. The van der Waals surface area contributed by atoms with Gasteiger partial charge in [0.2, 0.25) is 0 Å². The van der Waals surface area contributed by atoms with Crippen LogP contribution in [-0.2, 0) is 0 Å². The van der Waals surface area contributed by atoms with Crippen LogP contribution in [0.25, 0.3) is 12.2 Å². The van der Waals surface area contributed by atoms with Crippen molar-refractivity contribution in [3.8, 4) is 0 Å². The summed E-state index contributed by atoms with van der Waals surface area (Å²) in [5, 5.41) is 19.8. The maximum absolute atomic E-state index is 11.1. The van der Waals surface area contributed by atoms with Gasteiger partial charge in [-0.05, 0) is 17.2 Å². The number of carboxylic acid groups (broad SMARTS) is 1. The zero-order valence-electron chi connectivity index (χ0n) is 10.4. The maximum Gasteiger partial charge on any atom is 0.336 e. The Kier molecular flexibility index (Phi) is 3.91. The average Bonchev–Trinajstić information content (AvgIpc) is 2.45. The molecule has 0 saturated carbocycles. The van der Waals surface area contributed by atoms with E-state index in [0.717, 1.165) is 5.56 Å². The van der Waals surface area contributed by atoms with Gasteiger partial charge in [0.05, 0.1) is 10.5 Å². The first-order chi connectivity index (χ1) is 9.58. The van der Waals surface area contributed by atoms with E-state index in [0.29, 0.717) is 5.56 Å². The van der Waals surface area contributed by atoms with Gasteiger partial charge in [0, 0.05) is 12.1 Å². The van der Waals surface area contributed by atoms with Gasteiger partial charge in [-0.1, -0.05) is 42.5 Å². The molecule has 0 bridgehead atoms. The van der Waals surface area contributed by atoms with Crippen LogP contribution in [0.1, 0.15) is 21.5 Å². The highest BCUT2D eigenvalue weighted by molar-refractivity contribution is 5.94. The first-order valence-corrected chi connectivity index (χ1v) is 5.83. The summed E-state index contributed by atoms with van der Waals surface area (Å²) in [6, 6.07) is 13.0. The Morgan fingerprint density at radius 3 is 2.40 bits per heavy atom. The lowest BCUT2D eigenvalue weighted by molar-refractivity contribution is -0.384. The van der Waals surface area contributed by atoms with Crippen molar-refractivity contribution in [2.24, 2.45) is 0 Å². The van der Waals surface area contributed by atoms with Gasteiger partial charge in [-0.25, -0.2) is 4.79 Å². The largest absolute Gasteiger partial charge is 0.478 e. The molecule has 5 heteroatoms. The van der Waals surface area contributed by atoms with Gasteiger partial charge in [-0.2, -0.15) is 0 Å². The third-order valence-electron chi connectivity index (χ3n) is 2.73. The van der Waals surface area contributed by atoms with Gasteiger partial charge in [0.1, 0.15) is 0 Å². The number of non-ortho nitro benzene ring substituents is 1. The van der Waals surface area contributed by atoms with Crippen LogP contribution >= 0.6 is 0 Å². The third kappa shape index (κ3) is 3.08. The number of nitrogens with zero attached hydrogens (tertiary/aromatic N) is 1. The van der Waals surface area contributed by atoms with E-state index >= 15 is 0 Å². The molecule has 0 saturated heterocycles. The van der Waals surface area contributed by atoms with Crippen LogP contribution in [0.4, 0.5) is 5.69 Å². The molecular formula is C15H11NO4. The molecule has 0 amide bonds. The summed E-state index contributed by atoms with van der Waals surface area (Å²) in [5.74, 6) is -1.12. The molecule has 0 unspecified atom stereocenters. The Morgan fingerprint density at radius 1 is 1.10 bits per heavy atom. The van der Waals surface area contributed by atoms with Crippen LogP contribution in [0.2, 0.25) is 0 Å². The SMILES string of the molecule is O=C(O)c1ccc([N+](=O)[O-])cc1/C=C/c1ccccc1. The summed E-state index contributed by atoms with van der Waals surface area (Å²) in [7, 11) is 0. The van der Waals surface area contributed by atoms with E-state index in [1.807, 2.05) is 30.3 Å². The summed E-state index contributed by atoms with van der Waals surface area (Å²) in [6.45, 7) is 0. The zero-order chi connectivity index (χ0) is 14.5. The fourth-order valence-electron chi connectivity index (χ4n) is 1.75. The number of carboxylic acids is 1. The molecule has 0 aromatic heterocycles. The molecule has 20 heavy (non-hydrogen) atoms. The molecule has 0 radical (unpaired) electrons. The van der Waals surface area contributed by atoms with E-state index in [1.165, 1.54) is 18.2 Å². The second-order valence-electron chi connectivity index (χ2n) is 4.08. The molecule has 2 rings (SSSR count). The first kappa shape index (κ1) is 13.5. The minimum absolute atomic E-state index is 0.0304. The number of rotatable bonds is 4. The molecule has 0 spiro atoms. The second-order valence-corrected chi connectivity index (χ2v) is 4.08. The standard InChI is InChI=1S/C15H11NO4/c17-15(18)14-9-8-13(16(19)20)10-12(14)7-6-11-4-2-1-3-5-11/h1-10H,(H,17,18)/b7-6+. The van der Waals surface area contributed by atoms with Crippen molar-refractivity contribution in [1.82, 2.24) is 0 Å². The number of aromatic carboxylic acids is 1. The molecule has 1 N–H and O–H groups in total. The maximum atomic E-state index is 11.1. The molecule has 2 aromatic carbocycles. The van der Waals surface area contributed by atoms with E-state index in [4.69, 9.17) is 5.11 Å². The Labute approximate surface area is 115 Å². The number of nitro benzene ring substituents is 1. The van der Waals surface area contributed by atoms with Crippen LogP contribution in [0.3, 0.4) is 0 Å². The fourth-order valence-corrected chi connectivity index (χ4v) is 1.75. The summed E-state index contributed by atoms with van der Waals surface area (Å²) in [4.78, 5) is 21.3. The van der Waals surface area contributed by atoms with Gasteiger partial charge in [0.25, 0.3) is 5.69 Å². The van der Waals surface area contributed by atoms with E-state index < -0.39 is 10.9 Å². The van der Waals surface area contributed by atoms with Crippen molar-refractivity contribution in [2.75, 3.05) is 0 Å². The highest BCUT2D eigenvalue weighted by Gasteiger charge is 2.13. The number of nitro groups is 1. The topological polar surface area (TPSA) is 80.4 Å². The predicted molar refractivity (Wildman–Crippen MR) is 75.4 cm³/mol. The first-order valence-electron chi connectivity index (χ1n) is 5.83.